The third kappa shape index (κ3) is 2.48. The summed E-state index contributed by atoms with van der Waals surface area (Å²) in [6.07, 6.45) is 3.76. The van der Waals surface area contributed by atoms with E-state index < -0.39 is 0 Å². The number of nitrogens with zero attached hydrogens (tertiary/aromatic N) is 3. The number of aromatic amines is 1. The van der Waals surface area contributed by atoms with Gasteiger partial charge in [-0.2, -0.15) is 0 Å². The smallest absolute Gasteiger partial charge is 0.276 e. The van der Waals surface area contributed by atoms with Crippen molar-refractivity contribution >= 4 is 5.65 Å². The van der Waals surface area contributed by atoms with Gasteiger partial charge in [-0.15, -0.1) is 0 Å². The van der Waals surface area contributed by atoms with E-state index in [1.165, 1.54) is 12.1 Å². The predicted molar refractivity (Wildman–Crippen MR) is 96.7 cm³/mol. The summed E-state index contributed by atoms with van der Waals surface area (Å²) in [5, 5.41) is 3.09. The molecular formula is C20H21FN4O. The molecule has 4 heterocycles. The van der Waals surface area contributed by atoms with E-state index in [-0.39, 0.29) is 11.4 Å². The van der Waals surface area contributed by atoms with Crippen LogP contribution in [-0.4, -0.2) is 31.6 Å². The van der Waals surface area contributed by atoms with E-state index in [0.717, 1.165) is 54.7 Å². The third-order valence-corrected chi connectivity index (χ3v) is 5.84. The van der Waals surface area contributed by atoms with Crippen LogP contribution in [0.3, 0.4) is 0 Å². The van der Waals surface area contributed by atoms with Gasteiger partial charge in [-0.25, -0.2) is 13.9 Å². The maximum atomic E-state index is 13.2. The summed E-state index contributed by atoms with van der Waals surface area (Å²) in [5.41, 5.74) is 4.59. The molecular weight excluding hydrogens is 331 g/mol. The molecule has 1 fully saturated rings. The quantitative estimate of drug-likeness (QED) is 0.771. The fourth-order valence-corrected chi connectivity index (χ4v) is 4.57. The maximum Gasteiger partial charge on any atom is 0.276 e. The predicted octanol–water partition coefficient (Wildman–Crippen LogP) is 2.60. The zero-order valence-electron chi connectivity index (χ0n) is 14.7. The standard InChI is InChI=1S/C20H21FN4O/c1-12-8-19-22-18-10-16-7-6-15(9-17(18)20(26)25(19)23-12)24(16)11-13-2-4-14(21)5-3-13/h2-5,8,15-16,23H,6-7,9-11H2,1H3/t15-,16+/m0/s1. The molecule has 0 unspecified atom stereocenters. The Morgan fingerprint density at radius 2 is 1.92 bits per heavy atom. The minimum Gasteiger partial charge on any atom is -0.294 e. The Bertz CT molecular complexity index is 1040. The number of rotatable bonds is 2. The van der Waals surface area contributed by atoms with Gasteiger partial charge in [-0.05, 0) is 43.9 Å². The van der Waals surface area contributed by atoms with Crippen LogP contribution in [0.1, 0.15) is 35.4 Å². The van der Waals surface area contributed by atoms with Crippen molar-refractivity contribution < 1.29 is 4.39 Å². The fourth-order valence-electron chi connectivity index (χ4n) is 4.57. The number of fused-ring (bicyclic) bond motifs is 4. The number of aryl methyl sites for hydroxylation is 1. The van der Waals surface area contributed by atoms with Crippen molar-refractivity contribution in [1.29, 1.82) is 0 Å². The van der Waals surface area contributed by atoms with E-state index in [9.17, 15) is 9.18 Å². The molecule has 0 aliphatic carbocycles. The van der Waals surface area contributed by atoms with E-state index >= 15 is 0 Å². The summed E-state index contributed by atoms with van der Waals surface area (Å²) < 4.78 is 14.8. The highest BCUT2D eigenvalue weighted by Crippen LogP contribution is 2.34. The minimum absolute atomic E-state index is 0.0346. The van der Waals surface area contributed by atoms with Crippen LogP contribution in [0, 0.1) is 12.7 Å². The molecule has 3 aromatic rings. The number of nitrogens with one attached hydrogen (secondary N) is 1. The van der Waals surface area contributed by atoms with Gasteiger partial charge in [0.05, 0.1) is 5.69 Å². The molecule has 5 rings (SSSR count). The number of hydrogen-bond donors (Lipinski definition) is 1. The van der Waals surface area contributed by atoms with Crippen molar-refractivity contribution in [2.24, 2.45) is 0 Å². The van der Waals surface area contributed by atoms with Crippen LogP contribution in [0.15, 0.2) is 35.1 Å². The lowest BCUT2D eigenvalue weighted by atomic mass is 9.98. The molecule has 0 saturated carbocycles. The summed E-state index contributed by atoms with van der Waals surface area (Å²) in [7, 11) is 0. The molecule has 1 saturated heterocycles. The lowest BCUT2D eigenvalue weighted by Gasteiger charge is -2.27. The second-order valence-electron chi connectivity index (χ2n) is 7.57. The lowest BCUT2D eigenvalue weighted by molar-refractivity contribution is 0.187. The van der Waals surface area contributed by atoms with Crippen LogP contribution < -0.4 is 5.56 Å². The first-order chi connectivity index (χ1) is 12.6. The van der Waals surface area contributed by atoms with Crippen LogP contribution in [0.4, 0.5) is 4.39 Å². The number of halogens is 1. The molecule has 2 bridgehead atoms. The third-order valence-electron chi connectivity index (χ3n) is 5.84. The first-order valence-electron chi connectivity index (χ1n) is 9.19. The summed E-state index contributed by atoms with van der Waals surface area (Å²) in [4.78, 5) is 20.2. The summed E-state index contributed by atoms with van der Waals surface area (Å²) in [6, 6.07) is 9.39. The van der Waals surface area contributed by atoms with Crippen LogP contribution in [-0.2, 0) is 19.4 Å². The van der Waals surface area contributed by atoms with Gasteiger partial charge < -0.3 is 0 Å². The van der Waals surface area contributed by atoms with Gasteiger partial charge in [0.25, 0.3) is 5.56 Å². The molecule has 2 aromatic heterocycles. The molecule has 0 amide bonds. The molecule has 1 N–H and O–H groups in total. The molecule has 2 aliphatic rings. The molecule has 1 aromatic carbocycles. The van der Waals surface area contributed by atoms with Crippen molar-refractivity contribution in [2.45, 2.75) is 51.2 Å². The van der Waals surface area contributed by atoms with Gasteiger partial charge in [0.15, 0.2) is 5.65 Å². The maximum absolute atomic E-state index is 13.2. The normalized spacial score (nSPS) is 22.5. The Morgan fingerprint density at radius 3 is 2.69 bits per heavy atom. The van der Waals surface area contributed by atoms with Crippen molar-refractivity contribution in [2.75, 3.05) is 0 Å². The molecule has 5 nitrogen and oxygen atoms in total. The minimum atomic E-state index is -0.206. The van der Waals surface area contributed by atoms with Crippen molar-refractivity contribution in [3.8, 4) is 0 Å². The van der Waals surface area contributed by atoms with Crippen molar-refractivity contribution in [3.63, 3.8) is 0 Å². The Hall–Kier alpha value is -2.47. The van der Waals surface area contributed by atoms with Crippen molar-refractivity contribution in [3.05, 3.63) is 69.0 Å². The zero-order valence-corrected chi connectivity index (χ0v) is 14.7. The van der Waals surface area contributed by atoms with Crippen LogP contribution in [0.2, 0.25) is 0 Å². The number of H-pyrrole nitrogens is 1. The number of aromatic nitrogens is 3. The van der Waals surface area contributed by atoms with Crippen molar-refractivity contribution in [1.82, 2.24) is 19.5 Å². The molecule has 2 atom stereocenters. The Labute approximate surface area is 150 Å². The molecule has 0 spiro atoms. The van der Waals surface area contributed by atoms with E-state index in [0.29, 0.717) is 17.7 Å². The van der Waals surface area contributed by atoms with Gasteiger partial charge in [-0.1, -0.05) is 12.1 Å². The second kappa shape index (κ2) is 5.77. The Kier molecular flexibility index (Phi) is 3.50. The Balaban J connectivity index is 1.51. The summed E-state index contributed by atoms with van der Waals surface area (Å²) in [5.74, 6) is -0.206. The lowest BCUT2D eigenvalue weighted by Crippen LogP contribution is -2.36. The van der Waals surface area contributed by atoms with E-state index in [2.05, 4.69) is 10.00 Å². The highest BCUT2D eigenvalue weighted by Gasteiger charge is 2.38. The molecule has 134 valence electrons. The molecule has 0 radical (unpaired) electrons. The SMILES string of the molecule is Cc1cc2nc3c(c(=O)n2[nH]1)C[C@@H]1CC[C@H](C3)N1Cc1ccc(F)cc1. The highest BCUT2D eigenvalue weighted by molar-refractivity contribution is 5.42. The molecule has 2 aliphatic heterocycles. The first-order valence-corrected chi connectivity index (χ1v) is 9.19. The first kappa shape index (κ1) is 15.8. The van der Waals surface area contributed by atoms with E-state index in [1.54, 1.807) is 4.52 Å². The van der Waals surface area contributed by atoms with Crippen LogP contribution >= 0.6 is 0 Å². The summed E-state index contributed by atoms with van der Waals surface area (Å²) >= 11 is 0. The largest absolute Gasteiger partial charge is 0.294 e. The zero-order chi connectivity index (χ0) is 17.8. The molecule has 6 heteroatoms. The van der Waals surface area contributed by atoms with E-state index in [1.807, 2.05) is 25.1 Å². The Morgan fingerprint density at radius 1 is 1.19 bits per heavy atom. The molecule has 26 heavy (non-hydrogen) atoms. The fraction of sp³-hybridized carbons (Fsp3) is 0.400. The van der Waals surface area contributed by atoms with E-state index in [4.69, 9.17) is 4.98 Å². The van der Waals surface area contributed by atoms with Crippen LogP contribution in [0.5, 0.6) is 0 Å². The van der Waals surface area contributed by atoms with Gasteiger partial charge in [0, 0.05) is 42.4 Å². The highest BCUT2D eigenvalue weighted by atomic mass is 19.1. The number of benzene rings is 1. The van der Waals surface area contributed by atoms with Gasteiger partial charge in [0.1, 0.15) is 5.82 Å². The summed E-state index contributed by atoms with van der Waals surface area (Å²) in [6.45, 7) is 2.73. The average molecular weight is 352 g/mol. The van der Waals surface area contributed by atoms with Gasteiger partial charge in [0.2, 0.25) is 0 Å². The monoisotopic (exact) mass is 352 g/mol. The van der Waals surface area contributed by atoms with Gasteiger partial charge in [-0.3, -0.25) is 14.8 Å². The topological polar surface area (TPSA) is 53.4 Å². The van der Waals surface area contributed by atoms with Crippen LogP contribution in [0.25, 0.3) is 5.65 Å². The number of hydrogen-bond acceptors (Lipinski definition) is 3. The second-order valence-corrected chi connectivity index (χ2v) is 7.57. The average Bonchev–Trinajstić information content (AvgIpc) is 3.11. The van der Waals surface area contributed by atoms with Gasteiger partial charge >= 0.3 is 0 Å².